The molecule has 0 fully saturated rings. The molecule has 0 aliphatic rings. The van der Waals surface area contributed by atoms with E-state index in [4.69, 9.17) is 0 Å². The minimum atomic E-state index is 0. The Bertz CT molecular complexity index is 1450. The van der Waals surface area contributed by atoms with Gasteiger partial charge in [0.1, 0.15) is 0 Å². The van der Waals surface area contributed by atoms with Gasteiger partial charge in [-0.1, -0.05) is 80.4 Å². The van der Waals surface area contributed by atoms with E-state index < -0.39 is 0 Å². The van der Waals surface area contributed by atoms with Crippen LogP contribution in [0, 0.1) is 0 Å². The topological polar surface area (TPSA) is 25.8 Å². The molecule has 192 valence electrons. The molecule has 0 amide bonds. The van der Waals surface area contributed by atoms with Crippen molar-refractivity contribution >= 4 is 58.8 Å². The first-order valence-corrected chi connectivity index (χ1v) is 19.2. The van der Waals surface area contributed by atoms with E-state index in [1.54, 1.807) is 23.3 Å². The van der Waals surface area contributed by atoms with E-state index in [1.165, 1.54) is 32.7 Å². The van der Waals surface area contributed by atoms with Gasteiger partial charge in [0.2, 0.25) is 0 Å². The van der Waals surface area contributed by atoms with Gasteiger partial charge in [-0.2, -0.15) is 0 Å². The molecule has 0 unspecified atom stereocenters. The molecule has 6 aromatic rings. The van der Waals surface area contributed by atoms with Crippen LogP contribution in [-0.2, 0) is 23.3 Å². The van der Waals surface area contributed by atoms with Crippen molar-refractivity contribution < 1.29 is 48.1 Å². The van der Waals surface area contributed by atoms with Gasteiger partial charge in [0.05, 0.1) is 0 Å². The molecule has 4 aromatic carbocycles. The molecule has 0 saturated carbocycles. The summed E-state index contributed by atoms with van der Waals surface area (Å²) in [7, 11) is 0. The van der Waals surface area contributed by atoms with Crippen LogP contribution in [0.15, 0.2) is 118 Å². The molecule has 0 radical (unpaired) electrons. The van der Waals surface area contributed by atoms with E-state index in [-0.39, 0.29) is 30.2 Å². The van der Waals surface area contributed by atoms with E-state index >= 15 is 0 Å². The minimum absolute atomic E-state index is 0. The van der Waals surface area contributed by atoms with Gasteiger partial charge in [0, 0.05) is 32.7 Å². The molecule has 6 rings (SSSR count). The predicted molar refractivity (Wildman–Crippen MR) is 158 cm³/mol. The predicted octanol–water partition coefficient (Wildman–Crippen LogP) is 3.56. The molecule has 0 aliphatic heterocycles. The Balaban J connectivity index is 0.000000224. The normalized spacial score (nSPS) is 9.84. The van der Waals surface area contributed by atoms with Gasteiger partial charge in [-0.05, 0) is 12.1 Å². The summed E-state index contributed by atoms with van der Waals surface area (Å²) in [4.78, 5) is 8.75. The van der Waals surface area contributed by atoms with Crippen LogP contribution in [0.1, 0.15) is 0 Å². The first-order chi connectivity index (χ1) is 17.4. The number of rotatable bonds is 2. The molecule has 0 saturated heterocycles. The second kappa shape index (κ2) is 16.0. The van der Waals surface area contributed by atoms with E-state index in [1.807, 2.05) is 36.7 Å². The van der Waals surface area contributed by atoms with Crippen molar-refractivity contribution in [2.75, 3.05) is 0 Å². The fourth-order valence-corrected chi connectivity index (χ4v) is 4.39. The average Bonchev–Trinajstić information content (AvgIpc) is 3.49. The van der Waals surface area contributed by atoms with Crippen molar-refractivity contribution in [3.63, 3.8) is 0 Å². The molecule has 0 bridgehead atoms. The Morgan fingerprint density at radius 3 is 1.34 bits per heavy atom. The van der Waals surface area contributed by atoms with Gasteiger partial charge in [0.25, 0.3) is 0 Å². The van der Waals surface area contributed by atoms with Crippen LogP contribution < -0.4 is 24.8 Å². The maximum absolute atomic E-state index is 4.38. The quantitative estimate of drug-likeness (QED) is 0.200. The van der Waals surface area contributed by atoms with E-state index in [0.717, 1.165) is 20.3 Å². The second-order valence-electron chi connectivity index (χ2n) is 8.46. The van der Waals surface area contributed by atoms with Crippen LogP contribution in [0.5, 0.6) is 0 Å². The van der Waals surface area contributed by atoms with Crippen molar-refractivity contribution in [3.8, 4) is 22.5 Å². The summed E-state index contributed by atoms with van der Waals surface area (Å²) >= 11 is 8.67. The van der Waals surface area contributed by atoms with Gasteiger partial charge >= 0.3 is 41.9 Å². The van der Waals surface area contributed by atoms with Crippen LogP contribution in [0.3, 0.4) is 0 Å². The molecule has 0 aliphatic carbocycles. The minimum Gasteiger partial charge on any atom is -1.00 e. The molecule has 0 atom stereocenters. The summed E-state index contributed by atoms with van der Waals surface area (Å²) in [6.45, 7) is 4.62. The van der Waals surface area contributed by atoms with Crippen molar-refractivity contribution in [2.45, 2.75) is 13.1 Å². The van der Waals surface area contributed by atoms with Crippen LogP contribution in [0.2, 0.25) is 13.1 Å². The van der Waals surface area contributed by atoms with Crippen molar-refractivity contribution in [1.82, 2.24) is 9.97 Å². The molecular weight excluding hydrogens is 738 g/mol. The largest absolute Gasteiger partial charge is 1.00 e. The summed E-state index contributed by atoms with van der Waals surface area (Å²) in [5.41, 5.74) is 4.56. The van der Waals surface area contributed by atoms with E-state index in [9.17, 15) is 0 Å². The maximum Gasteiger partial charge on any atom is -1.00 e. The van der Waals surface area contributed by atoms with Gasteiger partial charge in [-0.25, -0.2) is 0 Å². The van der Waals surface area contributed by atoms with Crippen molar-refractivity contribution in [3.05, 3.63) is 118 Å². The molecule has 38 heavy (non-hydrogen) atoms. The average molecular weight is 763 g/mol. The van der Waals surface area contributed by atoms with Gasteiger partial charge in [-0.3, -0.25) is 9.97 Å². The van der Waals surface area contributed by atoms with Gasteiger partial charge < -0.3 is 24.8 Å². The van der Waals surface area contributed by atoms with Crippen LogP contribution in [-0.4, -0.2) is 15.4 Å². The number of nitrogens with zero attached hydrogens (tertiary/aromatic N) is 2. The van der Waals surface area contributed by atoms with Crippen LogP contribution in [0.25, 0.3) is 44.1 Å². The maximum atomic E-state index is 4.38. The SMILES string of the molecule is Brc1ccnc(-c2cc3ccccc3[cH-]2)c1.Brc1ccnc(-c2cc3ccccc3[cH-]2)c1.C[Si](C)=[Zr+2].[Cl-].[Cl-]. The first-order valence-electron chi connectivity index (χ1n) is 11.5. The van der Waals surface area contributed by atoms with E-state index in [2.05, 4.69) is 128 Å². The third-order valence-corrected chi connectivity index (χ3v) is 6.26. The monoisotopic (exact) mass is 758 g/mol. The van der Waals surface area contributed by atoms with E-state index in [0.29, 0.717) is 0 Å². The summed E-state index contributed by atoms with van der Waals surface area (Å²) in [6, 6.07) is 33.3. The number of halogens is 4. The number of aromatic nitrogens is 2. The van der Waals surface area contributed by atoms with Crippen molar-refractivity contribution in [2.24, 2.45) is 0 Å². The zero-order chi connectivity index (χ0) is 25.5. The summed E-state index contributed by atoms with van der Waals surface area (Å²) in [5, 5.41) is 5.05. The standard InChI is InChI=1S/2C14H9BrN.C2H6Si.2ClH.Zr/c2*15-13-5-6-16-14(9-13)12-7-10-3-1-2-4-11(10)8-12;1-3-2;;;/h2*1-9H;1-2H3;2*1H;/q2*-1;;;;+2/p-2. The van der Waals surface area contributed by atoms with Gasteiger partial charge in [-0.15, -0.1) is 69.1 Å². The molecule has 0 N–H and O–H groups in total. The Morgan fingerprint density at radius 2 is 1.00 bits per heavy atom. The van der Waals surface area contributed by atoms with Crippen LogP contribution in [0.4, 0.5) is 0 Å². The third kappa shape index (κ3) is 9.36. The summed E-state index contributed by atoms with van der Waals surface area (Å²) < 4.78 is 2.12. The zero-order valence-corrected chi connectivity index (χ0v) is 28.9. The Kier molecular flexibility index (Phi) is 13.8. The summed E-state index contributed by atoms with van der Waals surface area (Å²) in [5.74, 6) is 0. The third-order valence-electron chi connectivity index (χ3n) is 5.27. The zero-order valence-electron chi connectivity index (χ0n) is 20.8. The first kappa shape index (κ1) is 32.8. The Labute approximate surface area is 268 Å². The Morgan fingerprint density at radius 1 is 0.632 bits per heavy atom. The van der Waals surface area contributed by atoms with Crippen molar-refractivity contribution in [1.29, 1.82) is 0 Å². The molecule has 2 aromatic heterocycles. The molecular formula is C30H24Br2Cl2N2SiZr-2. The molecule has 2 heterocycles. The number of pyridine rings is 2. The molecule has 8 heteroatoms. The van der Waals surface area contributed by atoms with Gasteiger partial charge in [0.15, 0.2) is 0 Å². The fourth-order valence-electron chi connectivity index (χ4n) is 3.72. The van der Waals surface area contributed by atoms with Crippen LogP contribution >= 0.6 is 31.9 Å². The summed E-state index contributed by atoms with van der Waals surface area (Å²) in [6.07, 6.45) is 3.63. The number of hydrogen-bond donors (Lipinski definition) is 0. The molecule has 2 nitrogen and oxygen atoms in total. The smallest absolute Gasteiger partial charge is 1.00 e. The number of fused-ring (bicyclic) bond motifs is 2. The Hall–Kier alpha value is -1.40. The number of hydrogen-bond acceptors (Lipinski definition) is 2. The second-order valence-corrected chi connectivity index (χ2v) is 19.7. The molecule has 0 spiro atoms. The number of benzene rings is 2. The fraction of sp³-hybridized carbons (Fsp3) is 0.0667.